The number of fused-ring (bicyclic) bond motifs is 2. The summed E-state index contributed by atoms with van der Waals surface area (Å²) in [6, 6.07) is 17.0. The van der Waals surface area contributed by atoms with Gasteiger partial charge in [0.25, 0.3) is 5.91 Å². The van der Waals surface area contributed by atoms with Crippen molar-refractivity contribution in [1.82, 2.24) is 34.4 Å². The molecule has 1 amide bonds. The van der Waals surface area contributed by atoms with Crippen LogP contribution in [-0.2, 0) is 16.0 Å². The normalized spacial score (nSPS) is 19.0. The Kier molecular flexibility index (Phi) is 8.70. The van der Waals surface area contributed by atoms with Crippen LogP contribution in [-0.4, -0.2) is 94.6 Å². The molecule has 0 radical (unpaired) electrons. The Hall–Kier alpha value is -4.32. The Labute approximate surface area is 269 Å². The van der Waals surface area contributed by atoms with Crippen molar-refractivity contribution >= 4 is 17.4 Å². The summed E-state index contributed by atoms with van der Waals surface area (Å²) < 4.78 is 14.9. The zero-order valence-electron chi connectivity index (χ0n) is 26.8. The van der Waals surface area contributed by atoms with Crippen molar-refractivity contribution < 1.29 is 14.3 Å². The second kappa shape index (κ2) is 13.2. The van der Waals surface area contributed by atoms with E-state index in [0.29, 0.717) is 23.8 Å². The number of rotatable bonds is 11. The van der Waals surface area contributed by atoms with Crippen LogP contribution in [0.3, 0.4) is 0 Å². The number of hydrogen-bond donors (Lipinski definition) is 1. The van der Waals surface area contributed by atoms with E-state index in [1.165, 1.54) is 5.56 Å². The number of ether oxygens (including phenoxy) is 2. The Morgan fingerprint density at radius 1 is 1.02 bits per heavy atom. The molecular weight excluding hydrogens is 580 g/mol. The lowest BCUT2D eigenvalue weighted by Crippen LogP contribution is -2.51. The average Bonchev–Trinajstić information content (AvgIpc) is 3.71. The molecule has 0 spiro atoms. The van der Waals surface area contributed by atoms with Gasteiger partial charge in [-0.15, -0.1) is 0 Å². The summed E-state index contributed by atoms with van der Waals surface area (Å²) >= 11 is 0. The molecule has 0 bridgehead atoms. The molecule has 1 saturated carbocycles. The number of benzene rings is 1. The van der Waals surface area contributed by atoms with Gasteiger partial charge in [-0.05, 0) is 43.4 Å². The van der Waals surface area contributed by atoms with Crippen LogP contribution in [0.25, 0.3) is 28.3 Å². The summed E-state index contributed by atoms with van der Waals surface area (Å²) in [5, 5.41) is 7.81. The molecule has 7 rings (SSSR count). The maximum absolute atomic E-state index is 13.6. The van der Waals surface area contributed by atoms with E-state index in [2.05, 4.69) is 61.3 Å². The van der Waals surface area contributed by atoms with Crippen molar-refractivity contribution in [2.24, 2.45) is 0 Å². The number of likely N-dealkylation sites (tertiary alicyclic amines) is 1. The lowest BCUT2D eigenvalue weighted by atomic mass is 9.89. The number of anilines is 1. The topological polar surface area (TPSA) is 102 Å². The number of nitrogens with one attached hydrogen (secondary N) is 1. The number of hydrogen-bond acceptors (Lipinski definition) is 8. The molecular formula is C35H42N8O3. The molecule has 11 heteroatoms. The van der Waals surface area contributed by atoms with E-state index in [0.717, 1.165) is 80.4 Å². The molecule has 0 unspecified atom stereocenters. The number of amides is 1. The molecule has 240 valence electrons. The highest BCUT2D eigenvalue weighted by Gasteiger charge is 2.33. The molecule has 1 N–H and O–H groups in total. The molecule has 1 aliphatic carbocycles. The van der Waals surface area contributed by atoms with Crippen LogP contribution in [0.2, 0.25) is 0 Å². The van der Waals surface area contributed by atoms with Crippen LogP contribution in [0, 0.1) is 0 Å². The second-order valence-corrected chi connectivity index (χ2v) is 12.5. The number of aromatic nitrogens is 5. The highest BCUT2D eigenvalue weighted by molar-refractivity contribution is 6.00. The lowest BCUT2D eigenvalue weighted by Gasteiger charge is -2.35. The van der Waals surface area contributed by atoms with Crippen molar-refractivity contribution in [3.63, 3.8) is 0 Å². The Balaban J connectivity index is 1.23. The fourth-order valence-electron chi connectivity index (χ4n) is 6.82. The molecule has 2 aromatic heterocycles. The number of carbonyl (C=O) groups excluding carboxylic acids is 1. The fourth-order valence-corrected chi connectivity index (χ4v) is 6.82. The first-order valence-corrected chi connectivity index (χ1v) is 16.2. The first-order chi connectivity index (χ1) is 22.5. The van der Waals surface area contributed by atoms with E-state index >= 15 is 0 Å². The summed E-state index contributed by atoms with van der Waals surface area (Å²) in [6.45, 7) is 4.47. The number of nitrogens with zero attached hydrogens (tertiary/aromatic N) is 7. The molecule has 4 aliphatic rings. The minimum absolute atomic E-state index is 0.0126. The zero-order chi connectivity index (χ0) is 31.6. The fraction of sp³-hybridized carbons (Fsp3) is 0.429. The summed E-state index contributed by atoms with van der Waals surface area (Å²) in [5.74, 6) is 1.60. The molecule has 5 heterocycles. The van der Waals surface area contributed by atoms with Crippen LogP contribution in [0.15, 0.2) is 67.1 Å². The van der Waals surface area contributed by atoms with E-state index in [1.54, 1.807) is 24.9 Å². The quantitative estimate of drug-likeness (QED) is 0.230. The van der Waals surface area contributed by atoms with Gasteiger partial charge in [0.2, 0.25) is 0 Å². The predicted molar refractivity (Wildman–Crippen MR) is 177 cm³/mol. The van der Waals surface area contributed by atoms with Gasteiger partial charge in [-0.25, -0.2) is 9.97 Å². The summed E-state index contributed by atoms with van der Waals surface area (Å²) in [4.78, 5) is 28.2. The van der Waals surface area contributed by atoms with Crippen LogP contribution >= 0.6 is 0 Å². The van der Waals surface area contributed by atoms with Gasteiger partial charge in [0, 0.05) is 83.1 Å². The molecule has 3 aliphatic heterocycles. The molecule has 11 nitrogen and oxygen atoms in total. The van der Waals surface area contributed by atoms with Gasteiger partial charge in [-0.3, -0.25) is 4.79 Å². The van der Waals surface area contributed by atoms with Crippen molar-refractivity contribution in [3.05, 3.63) is 78.2 Å². The molecule has 1 aromatic carbocycles. The minimum Gasteiger partial charge on any atom is -0.383 e. The van der Waals surface area contributed by atoms with Crippen LogP contribution in [0.1, 0.15) is 47.6 Å². The van der Waals surface area contributed by atoms with E-state index in [9.17, 15) is 4.79 Å². The number of methoxy groups -OCH3 is 2. The predicted octanol–water partition coefficient (Wildman–Crippen LogP) is 4.52. The number of pyridine rings is 1. The number of piperidine rings is 1. The van der Waals surface area contributed by atoms with Gasteiger partial charge in [0.05, 0.1) is 30.6 Å². The Morgan fingerprint density at radius 3 is 2.59 bits per heavy atom. The van der Waals surface area contributed by atoms with Gasteiger partial charge in [0.1, 0.15) is 17.2 Å². The molecule has 2 fully saturated rings. The third kappa shape index (κ3) is 5.86. The molecule has 2 atom stereocenters. The lowest BCUT2D eigenvalue weighted by molar-refractivity contribution is 0.00732. The molecule has 1 saturated heterocycles. The van der Waals surface area contributed by atoms with Crippen LogP contribution in [0.4, 0.5) is 5.82 Å². The SMILES string of the molecule is COCCN1CCC(n2cccc3c(-c4cc(N(C)Cc5ccccc5)n5ncc(C(=O)N[C@@H]6CC[C@H]6OC)c5n4)cnc2-3)CC1. The van der Waals surface area contributed by atoms with Crippen molar-refractivity contribution in [2.45, 2.75) is 50.4 Å². The van der Waals surface area contributed by atoms with E-state index in [4.69, 9.17) is 19.4 Å². The Bertz CT molecular complexity index is 1760. The van der Waals surface area contributed by atoms with Crippen LogP contribution in [0.5, 0.6) is 0 Å². The summed E-state index contributed by atoms with van der Waals surface area (Å²) in [7, 11) is 5.49. The largest absolute Gasteiger partial charge is 0.383 e. The highest BCUT2D eigenvalue weighted by Crippen LogP contribution is 2.37. The third-order valence-corrected chi connectivity index (χ3v) is 9.62. The zero-order valence-corrected chi connectivity index (χ0v) is 26.8. The van der Waals surface area contributed by atoms with Gasteiger partial charge in [-0.1, -0.05) is 30.3 Å². The van der Waals surface area contributed by atoms with Gasteiger partial charge in [-0.2, -0.15) is 9.61 Å². The first kappa shape index (κ1) is 30.3. The first-order valence-electron chi connectivity index (χ1n) is 16.2. The second-order valence-electron chi connectivity index (χ2n) is 12.5. The van der Waals surface area contributed by atoms with Crippen molar-refractivity contribution in [3.8, 4) is 22.6 Å². The number of carbonyl (C=O) groups is 1. The highest BCUT2D eigenvalue weighted by atomic mass is 16.5. The van der Waals surface area contributed by atoms with E-state index < -0.39 is 0 Å². The van der Waals surface area contributed by atoms with E-state index in [1.807, 2.05) is 31.4 Å². The molecule has 46 heavy (non-hydrogen) atoms. The van der Waals surface area contributed by atoms with E-state index in [-0.39, 0.29) is 18.1 Å². The Morgan fingerprint density at radius 2 is 1.85 bits per heavy atom. The van der Waals surface area contributed by atoms with Gasteiger partial charge < -0.3 is 29.2 Å². The van der Waals surface area contributed by atoms with Crippen molar-refractivity contribution in [1.29, 1.82) is 0 Å². The summed E-state index contributed by atoms with van der Waals surface area (Å²) in [6.07, 6.45) is 9.69. The molecule has 3 aromatic rings. The monoisotopic (exact) mass is 622 g/mol. The summed E-state index contributed by atoms with van der Waals surface area (Å²) in [5.41, 5.74) is 4.86. The van der Waals surface area contributed by atoms with Crippen LogP contribution < -0.4 is 10.2 Å². The van der Waals surface area contributed by atoms with Gasteiger partial charge >= 0.3 is 0 Å². The average molecular weight is 623 g/mol. The maximum atomic E-state index is 13.6. The smallest absolute Gasteiger partial charge is 0.257 e. The standard InChI is InChI=1S/C35H42N8O3/c1-40(23-24-8-5-4-6-9-24)32-20-30(38-34-28(22-37-43(32)34)35(44)39-29-11-12-31(29)46-3)27-21-36-33-26(27)10-7-15-42(33)25-13-16-41(17-14-25)18-19-45-2/h4-10,15,20-22,25,29,31H,11-14,16-19,23H2,1-3H3,(H,39,44)/t29-,31-/m1/s1. The maximum Gasteiger partial charge on any atom is 0.257 e. The van der Waals surface area contributed by atoms with Crippen molar-refractivity contribution in [2.75, 3.05) is 52.4 Å². The third-order valence-electron chi connectivity index (χ3n) is 9.62. The van der Waals surface area contributed by atoms with Gasteiger partial charge in [0.15, 0.2) is 5.65 Å². The minimum atomic E-state index is -0.191.